The first kappa shape index (κ1) is 31.0. The van der Waals surface area contributed by atoms with Crippen molar-refractivity contribution in [2.24, 2.45) is 0 Å². The number of hydrogen-bond acceptors (Lipinski definition) is 2. The lowest BCUT2D eigenvalue weighted by Crippen LogP contribution is -1.93. The monoisotopic (exact) mass is 712 g/mol. The van der Waals surface area contributed by atoms with E-state index >= 15 is 0 Å². The molecule has 0 aliphatic rings. The average molecular weight is 713 g/mol. The Kier molecular flexibility index (Phi) is 6.66. The minimum atomic E-state index is 0.861. The second-order valence-electron chi connectivity index (χ2n) is 14.8. The standard InChI is InChI=1S/C54H32O2/c1-3-13-33(14-4-1)37-24-26-43-46(28-37)52(34-15-5-2-6-16-34)41-19-9-10-20-42(41)53(43)47-29-39(32-51-54(47)44-21-11-12-22-48(44)55-51)38-23-25-40-45-27-35-17-7-8-18-36(35)30-50(45)56-49(40)31-38/h1-32H. The molecule has 0 saturated carbocycles. The molecule has 2 heterocycles. The Hall–Kier alpha value is -7.42. The lowest BCUT2D eigenvalue weighted by Gasteiger charge is -2.20. The first-order chi connectivity index (χ1) is 27.7. The molecular formula is C54H32O2. The van der Waals surface area contributed by atoms with E-state index in [1.807, 2.05) is 0 Å². The van der Waals surface area contributed by atoms with Crippen molar-refractivity contribution in [3.8, 4) is 44.5 Å². The fourth-order valence-electron chi connectivity index (χ4n) is 9.05. The van der Waals surface area contributed by atoms with Crippen molar-refractivity contribution in [1.29, 1.82) is 0 Å². The van der Waals surface area contributed by atoms with Crippen LogP contribution in [0.2, 0.25) is 0 Å². The van der Waals surface area contributed by atoms with Gasteiger partial charge in [0.2, 0.25) is 0 Å². The summed E-state index contributed by atoms with van der Waals surface area (Å²) in [4.78, 5) is 0. The molecule has 0 saturated heterocycles. The number of rotatable bonds is 4. The molecule has 0 N–H and O–H groups in total. The van der Waals surface area contributed by atoms with Crippen LogP contribution in [0, 0.1) is 0 Å². The van der Waals surface area contributed by atoms with Gasteiger partial charge in [0.05, 0.1) is 0 Å². The van der Waals surface area contributed by atoms with Crippen molar-refractivity contribution in [3.63, 3.8) is 0 Å². The Balaban J connectivity index is 1.18. The minimum Gasteiger partial charge on any atom is -0.456 e. The van der Waals surface area contributed by atoms with E-state index < -0.39 is 0 Å². The number of para-hydroxylation sites is 1. The van der Waals surface area contributed by atoms with E-state index in [4.69, 9.17) is 8.83 Å². The van der Waals surface area contributed by atoms with Crippen LogP contribution in [0.25, 0.3) is 121 Å². The molecule has 2 aromatic heterocycles. The molecule has 0 unspecified atom stereocenters. The van der Waals surface area contributed by atoms with E-state index in [0.717, 1.165) is 60.6 Å². The summed E-state index contributed by atoms with van der Waals surface area (Å²) in [5.74, 6) is 0. The summed E-state index contributed by atoms with van der Waals surface area (Å²) < 4.78 is 13.3. The van der Waals surface area contributed by atoms with Crippen LogP contribution in [-0.4, -0.2) is 0 Å². The van der Waals surface area contributed by atoms with Gasteiger partial charge in [0.25, 0.3) is 0 Å². The van der Waals surface area contributed by atoms with Gasteiger partial charge < -0.3 is 8.83 Å². The third-order valence-electron chi connectivity index (χ3n) is 11.6. The zero-order valence-corrected chi connectivity index (χ0v) is 30.3. The number of fused-ring (bicyclic) bond motifs is 9. The molecule has 2 heteroatoms. The van der Waals surface area contributed by atoms with E-state index in [-0.39, 0.29) is 0 Å². The Morgan fingerprint density at radius 2 is 0.804 bits per heavy atom. The fraction of sp³-hybridized carbons (Fsp3) is 0. The van der Waals surface area contributed by atoms with Crippen LogP contribution in [-0.2, 0) is 0 Å². The highest BCUT2D eigenvalue weighted by molar-refractivity contribution is 6.26. The minimum absolute atomic E-state index is 0.861. The molecule has 260 valence electrons. The van der Waals surface area contributed by atoms with E-state index in [9.17, 15) is 0 Å². The molecule has 0 atom stereocenters. The lowest BCUT2D eigenvalue weighted by molar-refractivity contribution is 0.668. The summed E-state index contributed by atoms with van der Waals surface area (Å²) in [5, 5.41) is 11.7. The molecule has 0 bridgehead atoms. The Bertz CT molecular complexity index is 3510. The topological polar surface area (TPSA) is 26.3 Å². The predicted octanol–water partition coefficient (Wildman–Crippen LogP) is 15.6. The zero-order chi connectivity index (χ0) is 36.7. The third kappa shape index (κ3) is 4.69. The first-order valence-corrected chi connectivity index (χ1v) is 19.2. The number of hydrogen-bond donors (Lipinski definition) is 0. The highest BCUT2D eigenvalue weighted by Crippen LogP contribution is 2.49. The van der Waals surface area contributed by atoms with Crippen LogP contribution in [0.15, 0.2) is 203 Å². The van der Waals surface area contributed by atoms with Gasteiger partial charge in [-0.05, 0) is 125 Å². The quantitative estimate of drug-likeness (QED) is 0.170. The maximum absolute atomic E-state index is 6.73. The molecule has 0 aliphatic heterocycles. The number of furan rings is 2. The van der Waals surface area contributed by atoms with E-state index in [1.165, 1.54) is 60.1 Å². The van der Waals surface area contributed by atoms with Gasteiger partial charge in [-0.3, -0.25) is 0 Å². The first-order valence-electron chi connectivity index (χ1n) is 19.2. The van der Waals surface area contributed by atoms with Gasteiger partial charge in [0.1, 0.15) is 22.3 Å². The molecule has 12 aromatic rings. The molecule has 0 aliphatic carbocycles. The summed E-state index contributed by atoms with van der Waals surface area (Å²) in [6.07, 6.45) is 0. The van der Waals surface area contributed by atoms with Crippen LogP contribution < -0.4 is 0 Å². The van der Waals surface area contributed by atoms with Crippen molar-refractivity contribution in [2.45, 2.75) is 0 Å². The van der Waals surface area contributed by atoms with Crippen molar-refractivity contribution < 1.29 is 8.83 Å². The summed E-state index contributed by atoms with van der Waals surface area (Å²) in [6.45, 7) is 0. The van der Waals surface area contributed by atoms with Gasteiger partial charge in [-0.1, -0.05) is 146 Å². The van der Waals surface area contributed by atoms with Crippen LogP contribution >= 0.6 is 0 Å². The SMILES string of the molecule is c1ccc(-c2ccc3c(-c4cc(-c5ccc6c(c5)oc5cc7ccccc7cc56)cc5oc6ccccc6c45)c4ccccc4c(-c4ccccc4)c3c2)cc1. The molecule has 12 rings (SSSR count). The summed E-state index contributed by atoms with van der Waals surface area (Å²) in [5.41, 5.74) is 12.8. The van der Waals surface area contributed by atoms with Crippen molar-refractivity contribution in [3.05, 3.63) is 194 Å². The molecule has 56 heavy (non-hydrogen) atoms. The van der Waals surface area contributed by atoms with Gasteiger partial charge in [0.15, 0.2) is 0 Å². The van der Waals surface area contributed by atoms with Gasteiger partial charge in [-0.15, -0.1) is 0 Å². The van der Waals surface area contributed by atoms with E-state index in [2.05, 4.69) is 194 Å². The largest absolute Gasteiger partial charge is 0.456 e. The predicted molar refractivity (Wildman–Crippen MR) is 235 cm³/mol. The maximum Gasteiger partial charge on any atom is 0.136 e. The molecule has 0 spiro atoms. The van der Waals surface area contributed by atoms with Gasteiger partial charge in [0, 0.05) is 21.5 Å². The summed E-state index contributed by atoms with van der Waals surface area (Å²) in [6, 6.07) is 69.9. The Labute approximate surface area is 322 Å². The second kappa shape index (κ2) is 12.0. The van der Waals surface area contributed by atoms with Gasteiger partial charge >= 0.3 is 0 Å². The molecule has 2 nitrogen and oxygen atoms in total. The van der Waals surface area contributed by atoms with E-state index in [1.54, 1.807) is 0 Å². The molecular weight excluding hydrogens is 681 g/mol. The van der Waals surface area contributed by atoms with Gasteiger partial charge in [-0.2, -0.15) is 0 Å². The fourth-order valence-corrected chi connectivity index (χ4v) is 9.05. The molecule has 0 radical (unpaired) electrons. The van der Waals surface area contributed by atoms with Crippen LogP contribution in [0.5, 0.6) is 0 Å². The Morgan fingerprint density at radius 1 is 0.250 bits per heavy atom. The van der Waals surface area contributed by atoms with Crippen molar-refractivity contribution in [1.82, 2.24) is 0 Å². The zero-order valence-electron chi connectivity index (χ0n) is 30.3. The second-order valence-corrected chi connectivity index (χ2v) is 14.8. The smallest absolute Gasteiger partial charge is 0.136 e. The highest BCUT2D eigenvalue weighted by atomic mass is 16.3. The van der Waals surface area contributed by atoms with Crippen LogP contribution in [0.4, 0.5) is 0 Å². The van der Waals surface area contributed by atoms with Crippen molar-refractivity contribution >= 4 is 76.2 Å². The Morgan fingerprint density at radius 3 is 1.59 bits per heavy atom. The van der Waals surface area contributed by atoms with Crippen molar-refractivity contribution in [2.75, 3.05) is 0 Å². The van der Waals surface area contributed by atoms with E-state index in [0.29, 0.717) is 0 Å². The van der Waals surface area contributed by atoms with Crippen LogP contribution in [0.3, 0.4) is 0 Å². The van der Waals surface area contributed by atoms with Crippen LogP contribution in [0.1, 0.15) is 0 Å². The summed E-state index contributed by atoms with van der Waals surface area (Å²) >= 11 is 0. The highest BCUT2D eigenvalue weighted by Gasteiger charge is 2.22. The van der Waals surface area contributed by atoms with Gasteiger partial charge in [-0.25, -0.2) is 0 Å². The average Bonchev–Trinajstić information content (AvgIpc) is 3.82. The summed E-state index contributed by atoms with van der Waals surface area (Å²) in [7, 11) is 0. The lowest BCUT2D eigenvalue weighted by atomic mass is 9.83. The maximum atomic E-state index is 6.73. The third-order valence-corrected chi connectivity index (χ3v) is 11.6. The normalized spacial score (nSPS) is 11.9. The molecule has 0 fully saturated rings. The number of benzene rings is 10. The molecule has 0 amide bonds. The molecule has 10 aromatic carbocycles.